The molecular weight excluding hydrogens is 495 g/mol. The van der Waals surface area contributed by atoms with E-state index in [0.29, 0.717) is 27.5 Å². The van der Waals surface area contributed by atoms with E-state index >= 15 is 0 Å². The number of halogens is 4. The molecule has 3 amide bonds. The molecule has 0 bridgehead atoms. The molecule has 3 aromatic rings. The van der Waals surface area contributed by atoms with Gasteiger partial charge in [-0.3, -0.25) is 9.48 Å². The Morgan fingerprint density at radius 3 is 2.42 bits per heavy atom. The van der Waals surface area contributed by atoms with Crippen LogP contribution in [0.4, 0.5) is 18.0 Å². The Balaban J connectivity index is 1.43. The maximum atomic E-state index is 13.9. The van der Waals surface area contributed by atoms with Gasteiger partial charge in [0.15, 0.2) is 0 Å². The molecule has 1 aliphatic carbocycles. The third-order valence-corrected chi connectivity index (χ3v) is 7.23. The minimum Gasteiger partial charge on any atom is -0.365 e. The number of hydrogen-bond donors (Lipinski definition) is 2. The summed E-state index contributed by atoms with van der Waals surface area (Å²) in [6.45, 7) is 2.38. The summed E-state index contributed by atoms with van der Waals surface area (Å²) in [5, 5.41) is 7.88. The Kier molecular flexibility index (Phi) is 5.74. The minimum atomic E-state index is -2.94. The predicted molar refractivity (Wildman–Crippen MR) is 127 cm³/mol. The number of aryl methyl sites for hydroxylation is 1. The smallest absolute Gasteiger partial charge is 0.318 e. The second kappa shape index (κ2) is 8.55. The summed E-state index contributed by atoms with van der Waals surface area (Å²) in [5.41, 5.74) is 7.31. The van der Waals surface area contributed by atoms with Crippen LogP contribution in [0.25, 0.3) is 11.3 Å². The van der Waals surface area contributed by atoms with Gasteiger partial charge in [0, 0.05) is 30.0 Å². The fourth-order valence-corrected chi connectivity index (χ4v) is 5.11. The van der Waals surface area contributed by atoms with Gasteiger partial charge < -0.3 is 16.0 Å². The van der Waals surface area contributed by atoms with E-state index in [-0.39, 0.29) is 25.2 Å². The lowest BCUT2D eigenvalue weighted by Crippen LogP contribution is -2.62. The van der Waals surface area contributed by atoms with Crippen LogP contribution in [0.3, 0.4) is 0 Å². The Bertz CT molecular complexity index is 1360. The molecule has 36 heavy (non-hydrogen) atoms. The van der Waals surface area contributed by atoms with E-state index in [4.69, 9.17) is 17.3 Å². The van der Waals surface area contributed by atoms with Crippen molar-refractivity contribution in [2.75, 3.05) is 6.54 Å². The van der Waals surface area contributed by atoms with Crippen molar-refractivity contribution in [2.24, 2.45) is 5.73 Å². The Hall–Kier alpha value is -3.53. The molecule has 11 heteroatoms. The Morgan fingerprint density at radius 1 is 1.11 bits per heavy atom. The van der Waals surface area contributed by atoms with Crippen molar-refractivity contribution < 1.29 is 22.8 Å². The first-order valence-corrected chi connectivity index (χ1v) is 11.7. The maximum absolute atomic E-state index is 13.9. The molecule has 0 unspecified atom stereocenters. The molecule has 0 radical (unpaired) electrons. The monoisotopic (exact) mass is 517 g/mol. The summed E-state index contributed by atoms with van der Waals surface area (Å²) in [5.74, 6) is -4.13. The molecular formula is C25H23ClF3N5O2. The SMILES string of the molecule is Cc1cc(-c2nn3c(c2C(N)=O)CN(C(=O)NC2(c4ccc(F)cc4)CC(F)(F)C2)CC3)ccc1Cl. The number of alkyl halides is 2. The van der Waals surface area contributed by atoms with Gasteiger partial charge in [0.1, 0.15) is 11.5 Å². The van der Waals surface area contributed by atoms with Crippen LogP contribution in [-0.2, 0) is 18.6 Å². The number of nitrogens with zero attached hydrogens (tertiary/aromatic N) is 3. The van der Waals surface area contributed by atoms with Gasteiger partial charge in [0.2, 0.25) is 0 Å². The van der Waals surface area contributed by atoms with Crippen LogP contribution in [0, 0.1) is 12.7 Å². The summed E-state index contributed by atoms with van der Waals surface area (Å²) in [4.78, 5) is 27.1. The van der Waals surface area contributed by atoms with E-state index in [1.807, 2.05) is 6.92 Å². The normalized spacial score (nSPS) is 17.8. The number of fused-ring (bicyclic) bond motifs is 1. The average molecular weight is 518 g/mol. The number of urea groups is 1. The number of rotatable bonds is 4. The number of aromatic nitrogens is 2. The number of amides is 3. The van der Waals surface area contributed by atoms with Gasteiger partial charge in [0.25, 0.3) is 11.8 Å². The Labute approximate surface area is 210 Å². The lowest BCUT2D eigenvalue weighted by atomic mass is 9.69. The van der Waals surface area contributed by atoms with E-state index in [1.165, 1.54) is 29.2 Å². The first-order valence-electron chi connectivity index (χ1n) is 11.3. The first-order chi connectivity index (χ1) is 17.0. The van der Waals surface area contributed by atoms with Gasteiger partial charge in [-0.15, -0.1) is 0 Å². The third-order valence-electron chi connectivity index (χ3n) is 6.81. The molecule has 1 aromatic heterocycles. The van der Waals surface area contributed by atoms with Crippen molar-refractivity contribution in [2.45, 2.75) is 44.3 Å². The highest BCUT2D eigenvalue weighted by atomic mass is 35.5. The number of primary amides is 1. The predicted octanol–water partition coefficient (Wildman–Crippen LogP) is 4.60. The van der Waals surface area contributed by atoms with Crippen LogP contribution in [0.2, 0.25) is 5.02 Å². The molecule has 0 spiro atoms. The number of carbonyl (C=O) groups excluding carboxylic acids is 2. The van der Waals surface area contributed by atoms with Crippen LogP contribution < -0.4 is 11.1 Å². The summed E-state index contributed by atoms with van der Waals surface area (Å²) < 4.78 is 42.9. The second-order valence-corrected chi connectivity index (χ2v) is 9.78. The molecule has 5 rings (SSSR count). The highest BCUT2D eigenvalue weighted by molar-refractivity contribution is 6.31. The fraction of sp³-hybridized carbons (Fsp3) is 0.320. The molecule has 1 aliphatic heterocycles. The van der Waals surface area contributed by atoms with E-state index < -0.39 is 42.1 Å². The highest BCUT2D eigenvalue weighted by Gasteiger charge is 2.58. The molecule has 2 aromatic carbocycles. The van der Waals surface area contributed by atoms with Gasteiger partial charge in [-0.1, -0.05) is 29.8 Å². The quantitative estimate of drug-likeness (QED) is 0.529. The van der Waals surface area contributed by atoms with E-state index in [1.54, 1.807) is 22.9 Å². The summed E-state index contributed by atoms with van der Waals surface area (Å²) in [7, 11) is 0. The van der Waals surface area contributed by atoms with Gasteiger partial charge >= 0.3 is 6.03 Å². The van der Waals surface area contributed by atoms with E-state index in [0.717, 1.165) is 5.56 Å². The molecule has 1 saturated carbocycles. The average Bonchev–Trinajstić information content (AvgIpc) is 3.19. The summed E-state index contributed by atoms with van der Waals surface area (Å²) in [6.07, 6.45) is -1.18. The molecule has 188 valence electrons. The maximum Gasteiger partial charge on any atom is 0.318 e. The molecule has 2 aliphatic rings. The largest absolute Gasteiger partial charge is 0.365 e. The third kappa shape index (κ3) is 4.19. The van der Waals surface area contributed by atoms with Crippen LogP contribution in [0.1, 0.15) is 40.0 Å². The molecule has 0 atom stereocenters. The number of hydrogen-bond acceptors (Lipinski definition) is 3. The lowest BCUT2D eigenvalue weighted by Gasteiger charge is -2.49. The zero-order valence-corrected chi connectivity index (χ0v) is 20.1. The molecule has 2 heterocycles. The van der Waals surface area contributed by atoms with Gasteiger partial charge in [-0.25, -0.2) is 18.0 Å². The van der Waals surface area contributed by atoms with Gasteiger partial charge in [0.05, 0.1) is 29.9 Å². The van der Waals surface area contributed by atoms with Gasteiger partial charge in [-0.2, -0.15) is 5.10 Å². The van der Waals surface area contributed by atoms with Crippen molar-refractivity contribution >= 4 is 23.5 Å². The lowest BCUT2D eigenvalue weighted by molar-refractivity contribution is -0.134. The molecule has 0 saturated heterocycles. The molecule has 7 nitrogen and oxygen atoms in total. The van der Waals surface area contributed by atoms with Crippen molar-refractivity contribution in [3.63, 3.8) is 0 Å². The summed E-state index contributed by atoms with van der Waals surface area (Å²) in [6, 6.07) is 9.85. The highest BCUT2D eigenvalue weighted by Crippen LogP contribution is 2.51. The van der Waals surface area contributed by atoms with E-state index in [2.05, 4.69) is 10.4 Å². The zero-order valence-electron chi connectivity index (χ0n) is 19.3. The number of nitrogens with two attached hydrogens (primary N) is 1. The fourth-order valence-electron chi connectivity index (χ4n) is 4.99. The zero-order chi connectivity index (χ0) is 25.8. The van der Waals surface area contributed by atoms with Crippen LogP contribution in [-0.4, -0.2) is 39.1 Å². The van der Waals surface area contributed by atoms with Crippen LogP contribution in [0.5, 0.6) is 0 Å². The summed E-state index contributed by atoms with van der Waals surface area (Å²) >= 11 is 6.13. The van der Waals surface area contributed by atoms with Crippen LogP contribution >= 0.6 is 11.6 Å². The van der Waals surface area contributed by atoms with Crippen molar-refractivity contribution in [1.29, 1.82) is 0 Å². The van der Waals surface area contributed by atoms with Crippen molar-refractivity contribution in [3.05, 3.63) is 75.7 Å². The van der Waals surface area contributed by atoms with E-state index in [9.17, 15) is 22.8 Å². The first kappa shape index (κ1) is 24.2. The topological polar surface area (TPSA) is 93.2 Å². The van der Waals surface area contributed by atoms with Crippen LogP contribution in [0.15, 0.2) is 42.5 Å². The van der Waals surface area contributed by atoms with Crippen molar-refractivity contribution in [3.8, 4) is 11.3 Å². The molecule has 3 N–H and O–H groups in total. The minimum absolute atomic E-state index is 0.0135. The molecule has 1 fully saturated rings. The van der Waals surface area contributed by atoms with Crippen molar-refractivity contribution in [1.82, 2.24) is 20.0 Å². The second-order valence-electron chi connectivity index (χ2n) is 9.37. The standard InChI is InChI=1S/C25H23ClF3N5O2/c1-14-10-15(2-7-18(14)26)21-20(22(30)35)19-11-33(8-9-34(19)32-21)23(36)31-24(12-25(28,29)13-24)16-3-5-17(27)6-4-16/h2-7,10H,8-9,11-13H2,1H3,(H2,30,35)(H,31,36). The Morgan fingerprint density at radius 2 is 1.81 bits per heavy atom. The van der Waals surface area contributed by atoms with Gasteiger partial charge in [-0.05, 0) is 42.3 Å². The number of carbonyl (C=O) groups is 2. The number of nitrogens with one attached hydrogen (secondary N) is 1. The number of benzene rings is 2.